The fourth-order valence-corrected chi connectivity index (χ4v) is 3.64. The fourth-order valence-electron chi connectivity index (χ4n) is 3.64. The molecule has 0 fully saturated rings. The molecule has 0 radical (unpaired) electrons. The van der Waals surface area contributed by atoms with Gasteiger partial charge in [0.05, 0.1) is 5.92 Å². The summed E-state index contributed by atoms with van der Waals surface area (Å²) in [5, 5.41) is 2.89. The molecule has 0 unspecified atom stereocenters. The van der Waals surface area contributed by atoms with Gasteiger partial charge in [-0.05, 0) is 27.7 Å². The molecule has 3 N–H and O–H groups in total. The molecular formula is C27H30N2O2. The van der Waals surface area contributed by atoms with E-state index in [-0.39, 0.29) is 11.3 Å². The minimum Gasteiger partial charge on any atom is -0.368 e. The first kappa shape index (κ1) is 22.3. The number of primary amides is 1. The Kier molecular flexibility index (Phi) is 6.91. The zero-order chi connectivity index (χ0) is 22.4. The normalized spacial score (nSPS) is 12.4. The van der Waals surface area contributed by atoms with Gasteiger partial charge in [0.1, 0.15) is 6.04 Å². The average Bonchev–Trinajstić information content (AvgIpc) is 2.75. The Morgan fingerprint density at radius 3 is 1.71 bits per heavy atom. The molecular weight excluding hydrogens is 384 g/mol. The molecule has 0 spiro atoms. The van der Waals surface area contributed by atoms with E-state index in [1.165, 1.54) is 5.56 Å². The Balaban J connectivity index is 1.82. The van der Waals surface area contributed by atoms with Crippen LogP contribution in [0, 0.1) is 0 Å². The standard InChI is InChI=1S/C27H30N2O2/c1-27(2,3)22-16-14-19(15-17-22)18-23(25(28)30)29-26(31)24(20-10-6-4-7-11-20)21-12-8-5-9-13-21/h4-17,23-24H,18H2,1-3H3,(H2,28,30)(H,29,31)/t23-/m0/s1. The number of nitrogens with one attached hydrogen (secondary N) is 1. The average molecular weight is 415 g/mol. The van der Waals surface area contributed by atoms with Gasteiger partial charge in [0.15, 0.2) is 0 Å². The molecule has 4 heteroatoms. The van der Waals surface area contributed by atoms with Crippen LogP contribution in [0.5, 0.6) is 0 Å². The number of amides is 2. The summed E-state index contributed by atoms with van der Waals surface area (Å²) in [6.45, 7) is 6.46. The van der Waals surface area contributed by atoms with Gasteiger partial charge in [-0.2, -0.15) is 0 Å². The lowest BCUT2D eigenvalue weighted by molar-refractivity contribution is -0.127. The highest BCUT2D eigenvalue weighted by molar-refractivity contribution is 5.92. The van der Waals surface area contributed by atoms with E-state index in [4.69, 9.17) is 5.73 Å². The van der Waals surface area contributed by atoms with Crippen molar-refractivity contribution in [3.63, 3.8) is 0 Å². The second-order valence-electron chi connectivity index (χ2n) is 8.87. The minimum atomic E-state index is -0.789. The van der Waals surface area contributed by atoms with E-state index < -0.39 is 17.9 Å². The van der Waals surface area contributed by atoms with Crippen LogP contribution in [0.2, 0.25) is 0 Å². The number of nitrogens with two attached hydrogens (primary N) is 1. The second-order valence-corrected chi connectivity index (χ2v) is 8.87. The van der Waals surface area contributed by atoms with Crippen LogP contribution in [0.1, 0.15) is 48.9 Å². The van der Waals surface area contributed by atoms with Crippen LogP contribution in [0.4, 0.5) is 0 Å². The zero-order valence-corrected chi connectivity index (χ0v) is 18.3. The molecule has 3 aromatic rings. The summed E-state index contributed by atoms with van der Waals surface area (Å²) in [5.74, 6) is -1.31. The van der Waals surface area contributed by atoms with Gasteiger partial charge in [-0.25, -0.2) is 0 Å². The van der Waals surface area contributed by atoms with Gasteiger partial charge < -0.3 is 11.1 Å². The van der Waals surface area contributed by atoms with E-state index in [2.05, 4.69) is 38.2 Å². The third kappa shape index (κ3) is 5.82. The lowest BCUT2D eigenvalue weighted by Gasteiger charge is -2.23. The van der Waals surface area contributed by atoms with Gasteiger partial charge in [0, 0.05) is 6.42 Å². The van der Waals surface area contributed by atoms with Gasteiger partial charge in [0.2, 0.25) is 11.8 Å². The van der Waals surface area contributed by atoms with Gasteiger partial charge in [-0.15, -0.1) is 0 Å². The summed E-state index contributed by atoms with van der Waals surface area (Å²) in [7, 11) is 0. The SMILES string of the molecule is CC(C)(C)c1ccc(C[C@H](NC(=O)C(c2ccccc2)c2ccccc2)C(N)=O)cc1. The molecule has 0 saturated carbocycles. The van der Waals surface area contributed by atoms with Crippen LogP contribution < -0.4 is 11.1 Å². The van der Waals surface area contributed by atoms with Crippen molar-refractivity contribution in [2.45, 2.75) is 44.6 Å². The molecule has 3 rings (SSSR count). The maximum absolute atomic E-state index is 13.3. The van der Waals surface area contributed by atoms with E-state index in [9.17, 15) is 9.59 Å². The number of carbonyl (C=O) groups excluding carboxylic acids is 2. The Labute approximate surface area is 184 Å². The van der Waals surface area contributed by atoms with Crippen LogP contribution in [0.25, 0.3) is 0 Å². The Morgan fingerprint density at radius 2 is 1.29 bits per heavy atom. The monoisotopic (exact) mass is 414 g/mol. The number of rotatable bonds is 7. The first-order valence-electron chi connectivity index (χ1n) is 10.5. The number of hydrogen-bond acceptors (Lipinski definition) is 2. The van der Waals surface area contributed by atoms with Crippen LogP contribution in [-0.4, -0.2) is 17.9 Å². The summed E-state index contributed by atoms with van der Waals surface area (Å²) in [5.41, 5.74) is 9.60. The van der Waals surface area contributed by atoms with Crippen molar-refractivity contribution in [3.8, 4) is 0 Å². The van der Waals surface area contributed by atoms with Gasteiger partial charge in [-0.1, -0.05) is 106 Å². The quantitative estimate of drug-likeness (QED) is 0.604. The van der Waals surface area contributed by atoms with Crippen molar-refractivity contribution in [3.05, 3.63) is 107 Å². The van der Waals surface area contributed by atoms with E-state index in [0.29, 0.717) is 6.42 Å². The molecule has 0 aromatic heterocycles. The predicted octanol–water partition coefficient (Wildman–Crippen LogP) is 4.33. The Morgan fingerprint density at radius 1 is 0.806 bits per heavy atom. The van der Waals surface area contributed by atoms with E-state index >= 15 is 0 Å². The van der Waals surface area contributed by atoms with Crippen LogP contribution >= 0.6 is 0 Å². The Bertz CT molecular complexity index is 967. The van der Waals surface area contributed by atoms with Gasteiger partial charge in [0.25, 0.3) is 0 Å². The Hall–Kier alpha value is -3.40. The summed E-state index contributed by atoms with van der Waals surface area (Å²) in [6, 6.07) is 26.4. The number of hydrogen-bond donors (Lipinski definition) is 2. The fraction of sp³-hybridized carbons (Fsp3) is 0.259. The molecule has 31 heavy (non-hydrogen) atoms. The highest BCUT2D eigenvalue weighted by atomic mass is 16.2. The molecule has 0 bridgehead atoms. The predicted molar refractivity (Wildman–Crippen MR) is 125 cm³/mol. The summed E-state index contributed by atoms with van der Waals surface area (Å²) >= 11 is 0. The van der Waals surface area contributed by atoms with Crippen molar-refractivity contribution in [1.29, 1.82) is 0 Å². The minimum absolute atomic E-state index is 0.0500. The molecule has 0 heterocycles. The second kappa shape index (κ2) is 9.61. The van der Waals surface area contributed by atoms with Gasteiger partial charge in [-0.3, -0.25) is 9.59 Å². The van der Waals surface area contributed by atoms with Crippen molar-refractivity contribution < 1.29 is 9.59 Å². The molecule has 0 aliphatic heterocycles. The van der Waals surface area contributed by atoms with Crippen molar-refractivity contribution >= 4 is 11.8 Å². The van der Waals surface area contributed by atoms with Crippen molar-refractivity contribution in [2.75, 3.05) is 0 Å². The van der Waals surface area contributed by atoms with Gasteiger partial charge >= 0.3 is 0 Å². The summed E-state index contributed by atoms with van der Waals surface area (Å²) in [6.07, 6.45) is 0.349. The lowest BCUT2D eigenvalue weighted by atomic mass is 9.86. The topological polar surface area (TPSA) is 72.2 Å². The summed E-state index contributed by atoms with van der Waals surface area (Å²) in [4.78, 5) is 25.5. The van der Waals surface area contributed by atoms with Crippen LogP contribution in [-0.2, 0) is 21.4 Å². The third-order valence-electron chi connectivity index (χ3n) is 5.45. The molecule has 1 atom stereocenters. The maximum atomic E-state index is 13.3. The van der Waals surface area contributed by atoms with Crippen LogP contribution in [0.15, 0.2) is 84.9 Å². The first-order valence-corrected chi connectivity index (χ1v) is 10.5. The molecule has 0 aliphatic rings. The molecule has 4 nitrogen and oxygen atoms in total. The molecule has 3 aromatic carbocycles. The van der Waals surface area contributed by atoms with E-state index in [1.807, 2.05) is 72.8 Å². The molecule has 160 valence electrons. The smallest absolute Gasteiger partial charge is 0.240 e. The largest absolute Gasteiger partial charge is 0.368 e. The molecule has 2 amide bonds. The summed E-state index contributed by atoms with van der Waals surface area (Å²) < 4.78 is 0. The first-order chi connectivity index (χ1) is 14.8. The van der Waals surface area contributed by atoms with Crippen LogP contribution in [0.3, 0.4) is 0 Å². The van der Waals surface area contributed by atoms with E-state index in [0.717, 1.165) is 16.7 Å². The molecule has 0 saturated heterocycles. The number of carbonyl (C=O) groups is 2. The highest BCUT2D eigenvalue weighted by Crippen LogP contribution is 2.25. The zero-order valence-electron chi connectivity index (χ0n) is 18.3. The van der Waals surface area contributed by atoms with E-state index in [1.54, 1.807) is 0 Å². The molecule has 0 aliphatic carbocycles. The maximum Gasteiger partial charge on any atom is 0.240 e. The van der Waals surface area contributed by atoms with Crippen molar-refractivity contribution in [1.82, 2.24) is 5.32 Å². The highest BCUT2D eigenvalue weighted by Gasteiger charge is 2.27. The number of benzene rings is 3. The lowest BCUT2D eigenvalue weighted by Crippen LogP contribution is -2.47. The third-order valence-corrected chi connectivity index (χ3v) is 5.45. The van der Waals surface area contributed by atoms with Crippen molar-refractivity contribution in [2.24, 2.45) is 5.73 Å².